The maximum Gasteiger partial charge on any atom is 0.380 e. The fourth-order valence-corrected chi connectivity index (χ4v) is 3.72. The van der Waals surface area contributed by atoms with Crippen LogP contribution in [0.4, 0.5) is 4.39 Å². The lowest BCUT2D eigenvalue weighted by Gasteiger charge is -2.39. The van der Waals surface area contributed by atoms with E-state index in [0.717, 1.165) is 25.8 Å². The van der Waals surface area contributed by atoms with Crippen LogP contribution in [0.5, 0.6) is 5.75 Å². The smallest absolute Gasteiger partial charge is 0.380 e. The van der Waals surface area contributed by atoms with Gasteiger partial charge in [-0.15, -0.1) is 0 Å². The van der Waals surface area contributed by atoms with Gasteiger partial charge in [-0.25, -0.2) is 14.2 Å². The number of nitrogens with one attached hydrogen (secondary N) is 2. The second kappa shape index (κ2) is 7.71. The summed E-state index contributed by atoms with van der Waals surface area (Å²) < 4.78 is 14.4. The number of aromatic hydroxyl groups is 1. The largest absolute Gasteiger partial charge is 0.498 e. The summed E-state index contributed by atoms with van der Waals surface area (Å²) >= 11 is 0. The monoisotopic (exact) mass is 389 g/mol. The topological polar surface area (TPSA) is 88.7 Å². The highest BCUT2D eigenvalue weighted by molar-refractivity contribution is 5.93. The molecule has 0 spiro atoms. The maximum atomic E-state index is 13.0. The van der Waals surface area contributed by atoms with Crippen molar-refractivity contribution in [2.45, 2.75) is 38.3 Å². The molecule has 7 nitrogen and oxygen atoms in total. The van der Waals surface area contributed by atoms with Crippen LogP contribution in [0.25, 0.3) is 0 Å². The Hall–Kier alpha value is -2.74. The third-order valence-corrected chi connectivity index (χ3v) is 5.68. The Labute approximate surface area is 162 Å². The van der Waals surface area contributed by atoms with Gasteiger partial charge in [-0.2, -0.15) is 4.57 Å². The van der Waals surface area contributed by atoms with Crippen LogP contribution in [-0.2, 0) is 19.1 Å². The fraction of sp³-hybridized carbons (Fsp3) is 0.450. The minimum Gasteiger partial charge on any atom is -0.498 e. The van der Waals surface area contributed by atoms with E-state index in [1.54, 1.807) is 19.2 Å². The van der Waals surface area contributed by atoms with Crippen LogP contribution in [0.1, 0.15) is 48.1 Å². The summed E-state index contributed by atoms with van der Waals surface area (Å²) in [4.78, 5) is 30.4. The fourth-order valence-electron chi connectivity index (χ4n) is 3.72. The van der Waals surface area contributed by atoms with Gasteiger partial charge in [0.1, 0.15) is 11.4 Å². The van der Waals surface area contributed by atoms with Crippen molar-refractivity contribution in [3.05, 3.63) is 57.5 Å². The van der Waals surface area contributed by atoms with E-state index in [-0.39, 0.29) is 18.1 Å². The van der Waals surface area contributed by atoms with Crippen LogP contribution in [0.2, 0.25) is 0 Å². The first-order valence-corrected chi connectivity index (χ1v) is 9.33. The molecule has 1 atom stereocenters. The van der Waals surface area contributed by atoms with Crippen molar-refractivity contribution in [3.8, 4) is 5.75 Å². The average Bonchev–Trinajstić information content (AvgIpc) is 2.68. The number of amides is 1. The van der Waals surface area contributed by atoms with Crippen LogP contribution in [-0.4, -0.2) is 34.1 Å². The normalized spacial score (nSPS) is 20.1. The van der Waals surface area contributed by atoms with E-state index in [9.17, 15) is 19.1 Å². The number of carbonyl (C=O) groups is 1. The zero-order chi connectivity index (χ0) is 20.5. The summed E-state index contributed by atoms with van der Waals surface area (Å²) in [6.07, 6.45) is 2.91. The van der Waals surface area contributed by atoms with Gasteiger partial charge in [-0.05, 0) is 57.5 Å². The first-order valence-electron chi connectivity index (χ1n) is 9.33. The second-order valence-electron chi connectivity index (χ2n) is 7.52. The van der Waals surface area contributed by atoms with Crippen LogP contribution in [0, 0.1) is 5.82 Å². The number of benzene rings is 1. The van der Waals surface area contributed by atoms with Crippen molar-refractivity contribution in [1.29, 1.82) is 0 Å². The van der Waals surface area contributed by atoms with Crippen LogP contribution in [0.3, 0.4) is 0 Å². The van der Waals surface area contributed by atoms with Gasteiger partial charge in [-0.3, -0.25) is 9.69 Å². The molecule has 2 aromatic rings. The number of piperidine rings is 1. The molecule has 1 unspecified atom stereocenters. The SMILES string of the molecule is CN1CCCCC1(C)c1[nH+]c(C(=O)NCc2ccc(F)cc2)c(O)c(=O)n1C. The lowest BCUT2D eigenvalue weighted by atomic mass is 9.87. The number of hydrogen-bond donors (Lipinski definition) is 2. The molecule has 1 aromatic heterocycles. The lowest BCUT2D eigenvalue weighted by Crippen LogP contribution is -2.53. The van der Waals surface area contributed by atoms with Crippen LogP contribution < -0.4 is 15.9 Å². The van der Waals surface area contributed by atoms with Crippen molar-refractivity contribution >= 4 is 5.91 Å². The van der Waals surface area contributed by atoms with Gasteiger partial charge < -0.3 is 10.4 Å². The number of likely N-dealkylation sites (tertiary alicyclic amines) is 1. The molecule has 1 amide bonds. The molecule has 1 aliphatic rings. The van der Waals surface area contributed by atoms with Crippen LogP contribution in [0.15, 0.2) is 29.1 Å². The van der Waals surface area contributed by atoms with Gasteiger partial charge in [0.05, 0.1) is 7.05 Å². The molecular formula is C20H26FN4O3+. The Morgan fingerprint density at radius 2 is 1.96 bits per heavy atom. The number of hydrogen-bond acceptors (Lipinski definition) is 4. The van der Waals surface area contributed by atoms with Gasteiger partial charge in [0.25, 0.3) is 17.5 Å². The van der Waals surface area contributed by atoms with Crippen molar-refractivity contribution < 1.29 is 19.3 Å². The number of H-pyrrole nitrogens is 1. The number of carbonyl (C=O) groups excluding carboxylic acids is 1. The summed E-state index contributed by atoms with van der Waals surface area (Å²) in [6.45, 7) is 3.05. The summed E-state index contributed by atoms with van der Waals surface area (Å²) in [7, 11) is 3.57. The minimum atomic E-state index is -0.624. The molecule has 0 aliphatic carbocycles. The van der Waals surface area contributed by atoms with E-state index in [2.05, 4.69) is 15.2 Å². The molecule has 1 aliphatic heterocycles. The Morgan fingerprint density at radius 3 is 2.61 bits per heavy atom. The third-order valence-electron chi connectivity index (χ3n) is 5.68. The molecule has 0 bridgehead atoms. The molecule has 1 saturated heterocycles. The first-order chi connectivity index (χ1) is 13.2. The van der Waals surface area contributed by atoms with Crippen molar-refractivity contribution in [3.63, 3.8) is 0 Å². The van der Waals surface area contributed by atoms with Gasteiger partial charge in [0.2, 0.25) is 5.69 Å². The number of rotatable bonds is 4. The highest BCUT2D eigenvalue weighted by Gasteiger charge is 2.43. The quantitative estimate of drug-likeness (QED) is 0.825. The van der Waals surface area contributed by atoms with E-state index >= 15 is 0 Å². The minimum absolute atomic E-state index is 0.147. The number of aromatic amines is 1. The van der Waals surface area contributed by atoms with Crippen molar-refractivity contribution in [1.82, 2.24) is 14.8 Å². The van der Waals surface area contributed by atoms with E-state index in [0.29, 0.717) is 11.4 Å². The number of halogens is 1. The molecule has 2 heterocycles. The molecule has 0 radical (unpaired) electrons. The van der Waals surface area contributed by atoms with Gasteiger partial charge in [-0.1, -0.05) is 12.1 Å². The van der Waals surface area contributed by atoms with Crippen molar-refractivity contribution in [2.75, 3.05) is 13.6 Å². The van der Waals surface area contributed by atoms with Gasteiger partial charge in [0.15, 0.2) is 0 Å². The first kappa shape index (κ1) is 20.0. The summed E-state index contributed by atoms with van der Waals surface area (Å²) in [5.74, 6) is -1.00. The van der Waals surface area contributed by atoms with E-state index in [4.69, 9.17) is 0 Å². The maximum absolute atomic E-state index is 13.0. The predicted molar refractivity (Wildman–Crippen MR) is 101 cm³/mol. The molecule has 28 heavy (non-hydrogen) atoms. The standard InChI is InChI=1S/C20H25FN4O3/c1-20(10-4-5-11-24(20)2)19-23-15(16(26)18(28)25(19)3)17(27)22-12-13-6-8-14(21)9-7-13/h6-9,26H,4-5,10-12H2,1-3H3,(H,22,27)/p+1. The van der Waals surface area contributed by atoms with Crippen molar-refractivity contribution in [2.24, 2.45) is 7.05 Å². The molecule has 0 saturated carbocycles. The molecule has 8 heteroatoms. The molecule has 150 valence electrons. The second-order valence-corrected chi connectivity index (χ2v) is 7.52. The average molecular weight is 389 g/mol. The molecular weight excluding hydrogens is 363 g/mol. The van der Waals surface area contributed by atoms with Crippen LogP contribution >= 0.6 is 0 Å². The highest BCUT2D eigenvalue weighted by Crippen LogP contribution is 2.33. The van der Waals surface area contributed by atoms with Gasteiger partial charge >= 0.3 is 5.56 Å². The Bertz CT molecular complexity index is 942. The Kier molecular flexibility index (Phi) is 5.51. The third kappa shape index (κ3) is 3.64. The Morgan fingerprint density at radius 1 is 1.29 bits per heavy atom. The molecule has 3 N–H and O–H groups in total. The van der Waals surface area contributed by atoms with E-state index < -0.39 is 22.8 Å². The predicted octanol–water partition coefficient (Wildman–Crippen LogP) is 1.30. The summed E-state index contributed by atoms with van der Waals surface area (Å²) in [6, 6.07) is 5.74. The lowest BCUT2D eigenvalue weighted by molar-refractivity contribution is -0.417. The Balaban J connectivity index is 1.92. The number of aromatic nitrogens is 2. The number of nitrogens with zero attached hydrogens (tertiary/aromatic N) is 2. The summed E-state index contributed by atoms with van der Waals surface area (Å²) in [5, 5.41) is 12.9. The molecule has 1 aromatic carbocycles. The molecule has 3 rings (SSSR count). The van der Waals surface area contributed by atoms with E-state index in [1.165, 1.54) is 16.7 Å². The summed E-state index contributed by atoms with van der Waals surface area (Å²) in [5.41, 5.74) is -0.537. The highest BCUT2D eigenvalue weighted by atomic mass is 19.1. The zero-order valence-electron chi connectivity index (χ0n) is 16.4. The van der Waals surface area contributed by atoms with Gasteiger partial charge in [0, 0.05) is 6.54 Å². The zero-order valence-corrected chi connectivity index (χ0v) is 16.4. The van der Waals surface area contributed by atoms with E-state index in [1.807, 2.05) is 14.0 Å². The molecule has 1 fully saturated rings.